The number of nitrogens with one attached hydrogen (secondary N) is 1. The molecule has 0 bridgehead atoms. The first-order chi connectivity index (χ1) is 9.15. The molecule has 1 rings (SSSR count). The van der Waals surface area contributed by atoms with Crippen LogP contribution in [0.4, 0.5) is 4.39 Å². The number of methoxy groups -OCH3 is 1. The van der Waals surface area contributed by atoms with Crippen LogP contribution in [-0.4, -0.2) is 44.7 Å². The van der Waals surface area contributed by atoms with Crippen molar-refractivity contribution in [1.29, 1.82) is 0 Å². The van der Waals surface area contributed by atoms with Crippen molar-refractivity contribution in [3.63, 3.8) is 0 Å². The van der Waals surface area contributed by atoms with Crippen LogP contribution in [0.3, 0.4) is 0 Å². The largest absolute Gasteiger partial charge is 0.389 e. The van der Waals surface area contributed by atoms with Crippen LogP contribution in [0.2, 0.25) is 0 Å². The van der Waals surface area contributed by atoms with Gasteiger partial charge in [0, 0.05) is 25.3 Å². The molecule has 0 aliphatic rings. The molecule has 2 atom stereocenters. The van der Waals surface area contributed by atoms with Crippen LogP contribution in [-0.2, 0) is 9.47 Å². The molecule has 0 aromatic heterocycles. The Hall–Kier alpha value is -1.01. The predicted molar refractivity (Wildman–Crippen MR) is 71.5 cm³/mol. The van der Waals surface area contributed by atoms with E-state index in [9.17, 15) is 9.50 Å². The first-order valence-corrected chi connectivity index (χ1v) is 6.37. The zero-order chi connectivity index (χ0) is 14.1. The van der Waals surface area contributed by atoms with Crippen molar-refractivity contribution >= 4 is 0 Å². The molecule has 0 heterocycles. The van der Waals surface area contributed by atoms with Gasteiger partial charge in [-0.05, 0) is 13.0 Å². The lowest BCUT2D eigenvalue weighted by atomic mass is 10.1. The van der Waals surface area contributed by atoms with Gasteiger partial charge in [0.05, 0.1) is 25.9 Å². The van der Waals surface area contributed by atoms with E-state index < -0.39 is 6.10 Å². The van der Waals surface area contributed by atoms with Crippen LogP contribution < -0.4 is 5.32 Å². The van der Waals surface area contributed by atoms with Crippen LogP contribution in [0.5, 0.6) is 0 Å². The number of aliphatic hydroxyl groups excluding tert-OH is 1. The van der Waals surface area contributed by atoms with E-state index in [1.807, 2.05) is 6.92 Å². The van der Waals surface area contributed by atoms with Gasteiger partial charge >= 0.3 is 0 Å². The molecule has 0 aliphatic heterocycles. The second-order valence-corrected chi connectivity index (χ2v) is 4.37. The maximum absolute atomic E-state index is 13.5. The fourth-order valence-corrected chi connectivity index (χ4v) is 1.67. The standard InChI is InChI=1S/C14H22FNO3/c1-11(13-5-3-4-6-14(13)15)16-9-12(17)10-19-8-7-18-2/h3-6,11-12,16-17H,7-10H2,1-2H3/t11-,12?/m1/s1. The molecule has 0 fully saturated rings. The molecule has 0 aliphatic carbocycles. The average molecular weight is 271 g/mol. The van der Waals surface area contributed by atoms with Crippen LogP contribution in [0.25, 0.3) is 0 Å². The molecule has 0 radical (unpaired) electrons. The monoisotopic (exact) mass is 271 g/mol. The second-order valence-electron chi connectivity index (χ2n) is 4.37. The summed E-state index contributed by atoms with van der Waals surface area (Å²) in [5, 5.41) is 12.8. The van der Waals surface area contributed by atoms with Crippen molar-refractivity contribution in [2.45, 2.75) is 19.1 Å². The molecule has 2 N–H and O–H groups in total. The van der Waals surface area contributed by atoms with Crippen molar-refractivity contribution in [2.75, 3.05) is 33.5 Å². The Morgan fingerprint density at radius 2 is 2.05 bits per heavy atom. The number of hydrogen-bond acceptors (Lipinski definition) is 4. The summed E-state index contributed by atoms with van der Waals surface area (Å²) in [6.45, 7) is 3.40. The highest BCUT2D eigenvalue weighted by atomic mass is 19.1. The number of hydrogen-bond donors (Lipinski definition) is 2. The van der Waals surface area contributed by atoms with Gasteiger partial charge in [-0.25, -0.2) is 4.39 Å². The summed E-state index contributed by atoms with van der Waals surface area (Å²) >= 11 is 0. The SMILES string of the molecule is COCCOCC(O)CN[C@H](C)c1ccccc1F. The van der Waals surface area contributed by atoms with Crippen molar-refractivity contribution in [3.05, 3.63) is 35.6 Å². The Balaban J connectivity index is 2.26. The summed E-state index contributed by atoms with van der Waals surface area (Å²) < 4.78 is 23.5. The molecule has 5 heteroatoms. The summed E-state index contributed by atoms with van der Waals surface area (Å²) in [6, 6.07) is 6.45. The molecule has 0 saturated heterocycles. The van der Waals surface area contributed by atoms with Gasteiger partial charge in [0.1, 0.15) is 5.82 Å². The third kappa shape index (κ3) is 6.11. The number of benzene rings is 1. The molecule has 1 aromatic rings. The van der Waals surface area contributed by atoms with E-state index in [0.29, 0.717) is 25.3 Å². The van der Waals surface area contributed by atoms with Gasteiger partial charge in [-0.3, -0.25) is 0 Å². The van der Waals surface area contributed by atoms with Gasteiger partial charge in [-0.2, -0.15) is 0 Å². The van der Waals surface area contributed by atoms with Gasteiger partial charge in [-0.15, -0.1) is 0 Å². The number of aliphatic hydroxyl groups is 1. The van der Waals surface area contributed by atoms with Crippen molar-refractivity contribution < 1.29 is 19.0 Å². The first-order valence-electron chi connectivity index (χ1n) is 6.37. The van der Waals surface area contributed by atoms with E-state index in [0.717, 1.165) is 0 Å². The molecule has 4 nitrogen and oxygen atoms in total. The Kier molecular flexibility index (Phi) is 7.59. The minimum absolute atomic E-state index is 0.158. The van der Waals surface area contributed by atoms with E-state index >= 15 is 0 Å². The Morgan fingerprint density at radius 3 is 2.74 bits per heavy atom. The van der Waals surface area contributed by atoms with E-state index in [-0.39, 0.29) is 18.5 Å². The Labute approximate surface area is 113 Å². The quantitative estimate of drug-likeness (QED) is 0.668. The number of halogens is 1. The maximum Gasteiger partial charge on any atom is 0.127 e. The fraction of sp³-hybridized carbons (Fsp3) is 0.571. The molecular weight excluding hydrogens is 249 g/mol. The van der Waals surface area contributed by atoms with E-state index in [1.54, 1.807) is 25.3 Å². The summed E-state index contributed by atoms with van der Waals surface area (Å²) in [5.74, 6) is -0.242. The van der Waals surface area contributed by atoms with Crippen LogP contribution in [0.1, 0.15) is 18.5 Å². The highest BCUT2D eigenvalue weighted by Crippen LogP contribution is 2.15. The summed E-state index contributed by atoms with van der Waals surface area (Å²) in [6.07, 6.45) is -0.619. The van der Waals surface area contributed by atoms with E-state index in [4.69, 9.17) is 9.47 Å². The van der Waals surface area contributed by atoms with Gasteiger partial charge in [-0.1, -0.05) is 18.2 Å². The lowest BCUT2D eigenvalue weighted by Crippen LogP contribution is -2.32. The van der Waals surface area contributed by atoms with Crippen molar-refractivity contribution in [1.82, 2.24) is 5.32 Å². The molecule has 0 spiro atoms. The zero-order valence-corrected chi connectivity index (χ0v) is 11.4. The lowest BCUT2D eigenvalue weighted by Gasteiger charge is -2.18. The van der Waals surface area contributed by atoms with Crippen LogP contribution >= 0.6 is 0 Å². The third-order valence-corrected chi connectivity index (χ3v) is 2.77. The highest BCUT2D eigenvalue weighted by molar-refractivity contribution is 5.20. The second kappa shape index (κ2) is 8.98. The minimum Gasteiger partial charge on any atom is -0.389 e. The molecule has 19 heavy (non-hydrogen) atoms. The Bertz CT molecular complexity index is 362. The summed E-state index contributed by atoms with van der Waals surface area (Å²) in [7, 11) is 1.59. The highest BCUT2D eigenvalue weighted by Gasteiger charge is 2.11. The van der Waals surface area contributed by atoms with E-state index in [2.05, 4.69) is 5.32 Å². The first kappa shape index (κ1) is 16.0. The minimum atomic E-state index is -0.619. The molecule has 1 aromatic carbocycles. The fourth-order valence-electron chi connectivity index (χ4n) is 1.67. The molecule has 0 saturated carbocycles. The Morgan fingerprint density at radius 1 is 1.32 bits per heavy atom. The third-order valence-electron chi connectivity index (χ3n) is 2.77. The smallest absolute Gasteiger partial charge is 0.127 e. The van der Waals surface area contributed by atoms with E-state index in [1.165, 1.54) is 6.07 Å². The molecule has 0 amide bonds. The zero-order valence-electron chi connectivity index (χ0n) is 11.4. The van der Waals surface area contributed by atoms with Crippen molar-refractivity contribution in [2.24, 2.45) is 0 Å². The summed E-state index contributed by atoms with van der Waals surface area (Å²) in [4.78, 5) is 0. The average Bonchev–Trinajstić information content (AvgIpc) is 2.41. The maximum atomic E-state index is 13.5. The predicted octanol–water partition coefficient (Wildman–Crippen LogP) is 1.50. The molecule has 108 valence electrons. The van der Waals surface area contributed by atoms with Gasteiger partial charge in [0.2, 0.25) is 0 Å². The van der Waals surface area contributed by atoms with Crippen LogP contribution in [0, 0.1) is 5.82 Å². The van der Waals surface area contributed by atoms with Crippen molar-refractivity contribution in [3.8, 4) is 0 Å². The number of rotatable bonds is 9. The van der Waals surface area contributed by atoms with Gasteiger partial charge in [0.15, 0.2) is 0 Å². The molecule has 1 unspecified atom stereocenters. The topological polar surface area (TPSA) is 50.7 Å². The van der Waals surface area contributed by atoms with Gasteiger partial charge in [0.25, 0.3) is 0 Å². The number of ether oxygens (including phenoxy) is 2. The summed E-state index contributed by atoms with van der Waals surface area (Å²) in [5.41, 5.74) is 0.593. The van der Waals surface area contributed by atoms with Crippen LogP contribution in [0.15, 0.2) is 24.3 Å². The lowest BCUT2D eigenvalue weighted by molar-refractivity contribution is 0.0130. The van der Waals surface area contributed by atoms with Gasteiger partial charge < -0.3 is 19.9 Å². The normalized spacial score (nSPS) is 14.3. The molecular formula is C14H22FNO3.